The third-order valence-corrected chi connectivity index (χ3v) is 5.68. The molecule has 0 fully saturated rings. The summed E-state index contributed by atoms with van der Waals surface area (Å²) in [6.07, 6.45) is 1.04. The smallest absolute Gasteiger partial charge is 0.345 e. The van der Waals surface area contributed by atoms with E-state index in [1.165, 1.54) is 12.1 Å². The Bertz CT molecular complexity index is 775. The topological polar surface area (TPSA) is 109 Å². The van der Waals surface area contributed by atoms with Gasteiger partial charge < -0.3 is 5.11 Å². The van der Waals surface area contributed by atoms with Crippen molar-refractivity contribution in [1.82, 2.24) is 9.97 Å². The lowest BCUT2D eigenvalue weighted by atomic mass is 10.5. The Morgan fingerprint density at radius 3 is 2.60 bits per heavy atom. The van der Waals surface area contributed by atoms with Crippen LogP contribution in [0.2, 0.25) is 10.2 Å². The minimum atomic E-state index is -3.99. The minimum Gasteiger partial charge on any atom is -0.477 e. The Morgan fingerprint density at radius 1 is 1.30 bits per heavy atom. The summed E-state index contributed by atoms with van der Waals surface area (Å²) in [5.41, 5.74) is 0. The number of nitrogens with one attached hydrogen (secondary N) is 1. The van der Waals surface area contributed by atoms with Gasteiger partial charge in [0.2, 0.25) is 0 Å². The highest BCUT2D eigenvalue weighted by Gasteiger charge is 2.21. The second-order valence-electron chi connectivity index (χ2n) is 3.36. The van der Waals surface area contributed by atoms with Crippen molar-refractivity contribution in [2.45, 2.75) is 4.21 Å². The monoisotopic (exact) mass is 353 g/mol. The van der Waals surface area contributed by atoms with E-state index in [-0.39, 0.29) is 25.1 Å². The van der Waals surface area contributed by atoms with Crippen LogP contribution in [0.5, 0.6) is 0 Å². The van der Waals surface area contributed by atoms with Crippen LogP contribution in [0.4, 0.5) is 5.82 Å². The van der Waals surface area contributed by atoms with Crippen molar-refractivity contribution >= 4 is 56.3 Å². The summed E-state index contributed by atoms with van der Waals surface area (Å²) in [6.45, 7) is 0. The van der Waals surface area contributed by atoms with E-state index in [1.54, 1.807) is 0 Å². The summed E-state index contributed by atoms with van der Waals surface area (Å²) < 4.78 is 26.0. The number of hydrogen-bond acceptors (Lipinski definition) is 6. The summed E-state index contributed by atoms with van der Waals surface area (Å²) in [7, 11) is -3.99. The molecule has 11 heteroatoms. The molecule has 2 aromatic rings. The molecule has 2 rings (SSSR count). The standard InChI is InChI=1S/C9H5Cl2N3O4S2/c10-6-7(11)12-3-13-8(6)14-20(17,18)5-2-1-4(19-5)9(15)16/h1-3H,(H,15,16)(H,12,13,14). The highest BCUT2D eigenvalue weighted by atomic mass is 35.5. The molecule has 0 radical (unpaired) electrons. The number of rotatable bonds is 4. The maximum absolute atomic E-state index is 12.0. The molecule has 0 atom stereocenters. The lowest BCUT2D eigenvalue weighted by Crippen LogP contribution is -2.13. The van der Waals surface area contributed by atoms with Crippen molar-refractivity contribution in [3.05, 3.63) is 33.5 Å². The number of aromatic carboxylic acids is 1. The number of thiophene rings is 1. The van der Waals surface area contributed by atoms with Crippen LogP contribution in [0.25, 0.3) is 0 Å². The zero-order chi connectivity index (χ0) is 14.9. The van der Waals surface area contributed by atoms with E-state index in [1.807, 2.05) is 0 Å². The van der Waals surface area contributed by atoms with Gasteiger partial charge in [-0.3, -0.25) is 4.72 Å². The zero-order valence-corrected chi connectivity index (χ0v) is 12.5. The van der Waals surface area contributed by atoms with Gasteiger partial charge in [-0.1, -0.05) is 23.2 Å². The van der Waals surface area contributed by atoms with Gasteiger partial charge in [0.1, 0.15) is 20.4 Å². The molecule has 0 amide bonds. The Balaban J connectivity index is 2.35. The maximum atomic E-state index is 12.0. The lowest BCUT2D eigenvalue weighted by Gasteiger charge is -2.06. The number of carboxylic acid groups (broad SMARTS) is 1. The number of halogens is 2. The molecule has 0 aliphatic heterocycles. The van der Waals surface area contributed by atoms with Gasteiger partial charge in [-0.05, 0) is 12.1 Å². The molecule has 20 heavy (non-hydrogen) atoms. The van der Waals surface area contributed by atoms with Crippen molar-refractivity contribution in [2.75, 3.05) is 4.72 Å². The number of carboxylic acids is 1. The predicted molar refractivity (Wildman–Crippen MR) is 74.1 cm³/mol. The van der Waals surface area contributed by atoms with Gasteiger partial charge in [-0.2, -0.15) is 0 Å². The van der Waals surface area contributed by atoms with Gasteiger partial charge in [0.25, 0.3) is 10.0 Å². The molecule has 2 heterocycles. The molecule has 0 aromatic carbocycles. The fraction of sp³-hybridized carbons (Fsp3) is 0. The van der Waals surface area contributed by atoms with Gasteiger partial charge in [-0.25, -0.2) is 23.2 Å². The predicted octanol–water partition coefficient (Wildman–Crippen LogP) is 2.34. The van der Waals surface area contributed by atoms with Crippen LogP contribution in [-0.2, 0) is 10.0 Å². The highest BCUT2D eigenvalue weighted by molar-refractivity contribution is 7.94. The number of nitrogens with zero attached hydrogens (tertiary/aromatic N) is 2. The van der Waals surface area contributed by atoms with E-state index in [9.17, 15) is 13.2 Å². The van der Waals surface area contributed by atoms with Crippen LogP contribution in [0.15, 0.2) is 22.7 Å². The Labute approximate surface area is 127 Å². The largest absolute Gasteiger partial charge is 0.477 e. The van der Waals surface area contributed by atoms with Crippen molar-refractivity contribution in [3.8, 4) is 0 Å². The van der Waals surface area contributed by atoms with Gasteiger partial charge >= 0.3 is 5.97 Å². The van der Waals surface area contributed by atoms with Crippen LogP contribution in [-0.4, -0.2) is 29.5 Å². The fourth-order valence-corrected chi connectivity index (χ4v) is 3.68. The Morgan fingerprint density at radius 2 is 2.00 bits per heavy atom. The second-order valence-corrected chi connectivity index (χ2v) is 7.09. The zero-order valence-electron chi connectivity index (χ0n) is 9.37. The summed E-state index contributed by atoms with van der Waals surface area (Å²) in [5.74, 6) is -1.39. The van der Waals surface area contributed by atoms with Gasteiger partial charge in [-0.15, -0.1) is 11.3 Å². The first-order valence-electron chi connectivity index (χ1n) is 4.83. The van der Waals surface area contributed by atoms with E-state index in [2.05, 4.69) is 14.7 Å². The molecule has 0 saturated heterocycles. The van der Waals surface area contributed by atoms with Gasteiger partial charge in [0, 0.05) is 0 Å². The molecular formula is C9H5Cl2N3O4S2. The second kappa shape index (κ2) is 5.52. The van der Waals surface area contributed by atoms with Crippen molar-refractivity contribution in [3.63, 3.8) is 0 Å². The quantitative estimate of drug-likeness (QED) is 0.816. The first kappa shape index (κ1) is 15.0. The molecule has 7 nitrogen and oxygen atoms in total. The number of carbonyl (C=O) groups is 1. The SMILES string of the molecule is O=C(O)c1ccc(S(=O)(=O)Nc2ncnc(Cl)c2Cl)s1. The van der Waals surface area contributed by atoms with E-state index in [0.29, 0.717) is 11.3 Å². The van der Waals surface area contributed by atoms with Crippen molar-refractivity contribution in [1.29, 1.82) is 0 Å². The van der Waals surface area contributed by atoms with Crippen LogP contribution in [0.3, 0.4) is 0 Å². The van der Waals surface area contributed by atoms with Crippen LogP contribution in [0.1, 0.15) is 9.67 Å². The summed E-state index contributed by atoms with van der Waals surface area (Å²) in [4.78, 5) is 17.9. The Hall–Kier alpha value is -1.42. The minimum absolute atomic E-state index is 0.0998. The van der Waals surface area contributed by atoms with Gasteiger partial charge in [0.15, 0.2) is 11.0 Å². The maximum Gasteiger partial charge on any atom is 0.345 e. The number of aromatic nitrogens is 2. The van der Waals surface area contributed by atoms with E-state index < -0.39 is 16.0 Å². The summed E-state index contributed by atoms with van der Waals surface area (Å²) in [5, 5.41) is 8.52. The van der Waals surface area contributed by atoms with E-state index in [0.717, 1.165) is 6.33 Å². The third kappa shape index (κ3) is 3.01. The van der Waals surface area contributed by atoms with E-state index in [4.69, 9.17) is 28.3 Å². The highest BCUT2D eigenvalue weighted by Crippen LogP contribution is 2.29. The number of anilines is 1. The first-order valence-corrected chi connectivity index (χ1v) is 7.89. The number of sulfonamides is 1. The van der Waals surface area contributed by atoms with Crippen LogP contribution >= 0.6 is 34.5 Å². The third-order valence-electron chi connectivity index (χ3n) is 2.03. The molecule has 0 aliphatic rings. The first-order chi connectivity index (χ1) is 9.31. The normalized spacial score (nSPS) is 11.3. The number of hydrogen-bond donors (Lipinski definition) is 2. The summed E-state index contributed by atoms with van der Waals surface area (Å²) >= 11 is 12.0. The molecule has 0 unspecified atom stereocenters. The molecule has 0 saturated carbocycles. The van der Waals surface area contributed by atoms with Crippen molar-refractivity contribution < 1.29 is 18.3 Å². The van der Waals surface area contributed by atoms with Crippen LogP contribution in [0, 0.1) is 0 Å². The lowest BCUT2D eigenvalue weighted by molar-refractivity contribution is 0.0702. The van der Waals surface area contributed by atoms with Gasteiger partial charge in [0.05, 0.1) is 0 Å². The average Bonchev–Trinajstić information content (AvgIpc) is 2.85. The Kier molecular flexibility index (Phi) is 4.14. The molecule has 0 aliphatic carbocycles. The molecule has 106 valence electrons. The molecule has 2 N–H and O–H groups in total. The average molecular weight is 354 g/mol. The molecule has 2 aromatic heterocycles. The van der Waals surface area contributed by atoms with Crippen molar-refractivity contribution in [2.24, 2.45) is 0 Å². The molecule has 0 bridgehead atoms. The van der Waals surface area contributed by atoms with Crippen LogP contribution < -0.4 is 4.72 Å². The molecular weight excluding hydrogens is 349 g/mol. The van der Waals surface area contributed by atoms with E-state index >= 15 is 0 Å². The fourth-order valence-electron chi connectivity index (χ4n) is 1.18. The molecule has 0 spiro atoms. The summed E-state index contributed by atoms with van der Waals surface area (Å²) in [6, 6.07) is 2.36.